The number of piperidine rings is 1. The van der Waals surface area contributed by atoms with Crippen molar-refractivity contribution in [1.82, 2.24) is 14.6 Å². The van der Waals surface area contributed by atoms with E-state index in [-0.39, 0.29) is 11.9 Å². The summed E-state index contributed by atoms with van der Waals surface area (Å²) in [6.45, 7) is 5.59. The summed E-state index contributed by atoms with van der Waals surface area (Å²) >= 11 is 6.43. The summed E-state index contributed by atoms with van der Waals surface area (Å²) in [5.41, 5.74) is 2.36. The molecule has 3 aromatic rings. The van der Waals surface area contributed by atoms with Crippen LogP contribution in [0.3, 0.4) is 0 Å². The van der Waals surface area contributed by atoms with E-state index in [0.29, 0.717) is 23.8 Å². The van der Waals surface area contributed by atoms with Crippen LogP contribution in [0, 0.1) is 12.8 Å². The Balaban J connectivity index is 1.82. The summed E-state index contributed by atoms with van der Waals surface area (Å²) in [4.78, 5) is 19.2. The lowest BCUT2D eigenvalue weighted by Gasteiger charge is -2.33. The maximum absolute atomic E-state index is 12.2. The Labute approximate surface area is 156 Å². The van der Waals surface area contributed by atoms with Gasteiger partial charge in [-0.1, -0.05) is 23.7 Å². The molecule has 0 radical (unpaired) electrons. The van der Waals surface area contributed by atoms with Crippen molar-refractivity contribution in [3.05, 3.63) is 35.0 Å². The van der Waals surface area contributed by atoms with Crippen LogP contribution in [-0.4, -0.2) is 40.3 Å². The second-order valence-corrected chi connectivity index (χ2v) is 7.00. The maximum Gasteiger partial charge on any atom is 0.310 e. The molecule has 0 unspecified atom stereocenters. The van der Waals surface area contributed by atoms with Gasteiger partial charge in [-0.05, 0) is 38.8 Å². The highest BCUT2D eigenvalue weighted by molar-refractivity contribution is 6.34. The Morgan fingerprint density at radius 3 is 3.00 bits per heavy atom. The van der Waals surface area contributed by atoms with Gasteiger partial charge in [-0.15, -0.1) is 0 Å². The molecule has 4 rings (SSSR count). The number of hydrogen-bond donors (Lipinski definition) is 0. The molecule has 1 aliphatic heterocycles. The molecular formula is C19H21ClN4O2. The highest BCUT2D eigenvalue weighted by atomic mass is 35.5. The molecule has 0 aliphatic carbocycles. The van der Waals surface area contributed by atoms with E-state index in [1.165, 1.54) is 0 Å². The molecule has 0 saturated carbocycles. The number of anilines is 1. The van der Waals surface area contributed by atoms with Crippen LogP contribution in [0.2, 0.25) is 5.02 Å². The molecule has 0 bridgehead atoms. The van der Waals surface area contributed by atoms with Crippen molar-refractivity contribution in [2.24, 2.45) is 5.92 Å². The Morgan fingerprint density at radius 1 is 1.38 bits per heavy atom. The van der Waals surface area contributed by atoms with Gasteiger partial charge in [0.2, 0.25) is 0 Å². The monoisotopic (exact) mass is 372 g/mol. The molecule has 6 nitrogen and oxygen atoms in total. The molecule has 26 heavy (non-hydrogen) atoms. The lowest BCUT2D eigenvalue weighted by atomic mass is 9.98. The molecule has 1 fully saturated rings. The van der Waals surface area contributed by atoms with Gasteiger partial charge in [-0.25, -0.2) is 9.50 Å². The van der Waals surface area contributed by atoms with Crippen LogP contribution in [0.1, 0.15) is 25.5 Å². The van der Waals surface area contributed by atoms with Gasteiger partial charge in [0, 0.05) is 18.5 Å². The standard InChI is InChI=1S/C19H21ClN4O2/c1-3-26-19(25)13-7-6-10-23(11-13)17-14-8-4-5-9-15(14)24-18(21-17)16(20)12(2)22-24/h4-5,8-9,13H,3,6-7,10-11H2,1-2H3/t13-/m0/s1. The molecule has 3 heterocycles. The number of nitrogens with zero attached hydrogens (tertiary/aromatic N) is 4. The summed E-state index contributed by atoms with van der Waals surface area (Å²) in [5.74, 6) is 0.604. The maximum atomic E-state index is 12.2. The molecule has 0 N–H and O–H groups in total. The minimum atomic E-state index is -0.124. The minimum Gasteiger partial charge on any atom is -0.466 e. The first-order valence-corrected chi connectivity index (χ1v) is 9.33. The number of carbonyl (C=O) groups excluding carboxylic acids is 1. The van der Waals surface area contributed by atoms with E-state index >= 15 is 0 Å². The molecule has 0 amide bonds. The number of rotatable bonds is 3. The second-order valence-electron chi connectivity index (χ2n) is 6.62. The summed E-state index contributed by atoms with van der Waals surface area (Å²) in [5, 5.41) is 6.09. The lowest BCUT2D eigenvalue weighted by Crippen LogP contribution is -2.40. The van der Waals surface area contributed by atoms with Crippen LogP contribution in [0.15, 0.2) is 24.3 Å². The Morgan fingerprint density at radius 2 is 2.19 bits per heavy atom. The van der Waals surface area contributed by atoms with Crippen LogP contribution in [0.5, 0.6) is 0 Å². The minimum absolute atomic E-state index is 0.123. The molecule has 1 atom stereocenters. The third kappa shape index (κ3) is 2.78. The predicted molar refractivity (Wildman–Crippen MR) is 102 cm³/mol. The number of fused-ring (bicyclic) bond motifs is 3. The molecule has 0 spiro atoms. The van der Waals surface area contributed by atoms with E-state index in [9.17, 15) is 4.79 Å². The van der Waals surface area contributed by atoms with E-state index in [1.807, 2.05) is 38.1 Å². The third-order valence-electron chi connectivity index (χ3n) is 4.89. The normalized spacial score (nSPS) is 17.8. The van der Waals surface area contributed by atoms with Gasteiger partial charge in [0.25, 0.3) is 0 Å². The van der Waals surface area contributed by atoms with Crippen molar-refractivity contribution >= 4 is 39.9 Å². The largest absolute Gasteiger partial charge is 0.466 e. The quantitative estimate of drug-likeness (QED) is 0.657. The molecule has 1 aliphatic rings. The number of para-hydroxylation sites is 1. The zero-order chi connectivity index (χ0) is 18.3. The summed E-state index contributed by atoms with van der Waals surface area (Å²) in [6, 6.07) is 8.03. The van der Waals surface area contributed by atoms with Gasteiger partial charge in [0.15, 0.2) is 5.65 Å². The van der Waals surface area contributed by atoms with Crippen LogP contribution in [-0.2, 0) is 9.53 Å². The number of carbonyl (C=O) groups is 1. The summed E-state index contributed by atoms with van der Waals surface area (Å²) in [6.07, 6.45) is 1.78. The topological polar surface area (TPSA) is 59.7 Å². The van der Waals surface area contributed by atoms with Crippen molar-refractivity contribution in [2.75, 3.05) is 24.6 Å². The zero-order valence-corrected chi connectivity index (χ0v) is 15.7. The highest BCUT2D eigenvalue weighted by Gasteiger charge is 2.29. The van der Waals surface area contributed by atoms with Crippen molar-refractivity contribution in [3.8, 4) is 0 Å². The zero-order valence-electron chi connectivity index (χ0n) is 14.9. The van der Waals surface area contributed by atoms with Gasteiger partial charge in [-0.3, -0.25) is 4.79 Å². The van der Waals surface area contributed by atoms with Crippen LogP contribution in [0.25, 0.3) is 16.6 Å². The molecule has 2 aromatic heterocycles. The number of hydrogen-bond acceptors (Lipinski definition) is 5. The van der Waals surface area contributed by atoms with E-state index in [1.54, 1.807) is 4.52 Å². The first-order valence-electron chi connectivity index (χ1n) is 8.95. The average Bonchev–Trinajstić information content (AvgIpc) is 2.96. The SMILES string of the molecule is CCOC(=O)[C@H]1CCCN(c2nc3c(Cl)c(C)nn3c3ccccc23)C1. The number of esters is 1. The number of aromatic nitrogens is 3. The first kappa shape index (κ1) is 17.1. The second kappa shape index (κ2) is 6.76. The van der Waals surface area contributed by atoms with Crippen molar-refractivity contribution in [1.29, 1.82) is 0 Å². The fourth-order valence-electron chi connectivity index (χ4n) is 3.63. The van der Waals surface area contributed by atoms with E-state index < -0.39 is 0 Å². The number of benzene rings is 1. The van der Waals surface area contributed by atoms with Crippen LogP contribution < -0.4 is 4.90 Å². The average molecular weight is 373 g/mol. The van der Waals surface area contributed by atoms with Gasteiger partial charge in [-0.2, -0.15) is 5.10 Å². The van der Waals surface area contributed by atoms with E-state index in [4.69, 9.17) is 21.3 Å². The van der Waals surface area contributed by atoms with Crippen molar-refractivity contribution in [2.45, 2.75) is 26.7 Å². The highest BCUT2D eigenvalue weighted by Crippen LogP contribution is 2.32. The Kier molecular flexibility index (Phi) is 4.44. The van der Waals surface area contributed by atoms with Crippen LogP contribution in [0.4, 0.5) is 5.82 Å². The first-order chi connectivity index (χ1) is 12.6. The third-order valence-corrected chi connectivity index (χ3v) is 5.33. The fraction of sp³-hybridized carbons (Fsp3) is 0.421. The summed E-state index contributed by atoms with van der Waals surface area (Å²) < 4.78 is 7.02. The fourth-order valence-corrected chi connectivity index (χ4v) is 3.79. The molecular weight excluding hydrogens is 352 g/mol. The van der Waals surface area contributed by atoms with E-state index in [2.05, 4.69) is 10.00 Å². The predicted octanol–water partition coefficient (Wildman–Crippen LogP) is 3.62. The molecule has 1 saturated heterocycles. The molecule has 1 aromatic carbocycles. The van der Waals surface area contributed by atoms with Gasteiger partial charge in [0.1, 0.15) is 10.8 Å². The number of halogens is 1. The van der Waals surface area contributed by atoms with Gasteiger partial charge < -0.3 is 9.64 Å². The molecule has 136 valence electrons. The van der Waals surface area contributed by atoms with Crippen molar-refractivity contribution < 1.29 is 9.53 Å². The summed E-state index contributed by atoms with van der Waals surface area (Å²) in [7, 11) is 0. The smallest absolute Gasteiger partial charge is 0.310 e. The van der Waals surface area contributed by atoms with Crippen LogP contribution >= 0.6 is 11.6 Å². The van der Waals surface area contributed by atoms with Gasteiger partial charge in [0.05, 0.1) is 23.7 Å². The van der Waals surface area contributed by atoms with Gasteiger partial charge >= 0.3 is 5.97 Å². The Hall–Kier alpha value is -2.34. The van der Waals surface area contributed by atoms with E-state index in [0.717, 1.165) is 41.8 Å². The number of aryl methyl sites for hydroxylation is 1. The lowest BCUT2D eigenvalue weighted by molar-refractivity contribution is -0.148. The molecule has 7 heteroatoms. The number of ether oxygens (including phenoxy) is 1. The van der Waals surface area contributed by atoms with Crippen molar-refractivity contribution in [3.63, 3.8) is 0 Å². The Bertz CT molecular complexity index is 984.